The van der Waals surface area contributed by atoms with Gasteiger partial charge in [-0.1, -0.05) is 13.8 Å². The van der Waals surface area contributed by atoms with Gasteiger partial charge in [0, 0.05) is 50.2 Å². The summed E-state index contributed by atoms with van der Waals surface area (Å²) in [4.78, 5) is 34.5. The third-order valence-electron chi connectivity index (χ3n) is 6.05. The predicted molar refractivity (Wildman–Crippen MR) is 110 cm³/mol. The van der Waals surface area contributed by atoms with Crippen molar-refractivity contribution < 1.29 is 14.0 Å². The van der Waals surface area contributed by atoms with Crippen LogP contribution < -0.4 is 0 Å². The SMILES string of the molecule is CC1CC(C)CN(C(=O)CN2CCN(C(=O)c3cc4cc(F)ccc4[nH]3)CC2)C1. The lowest BCUT2D eigenvalue weighted by molar-refractivity contribution is -0.135. The van der Waals surface area contributed by atoms with Crippen molar-refractivity contribution in [2.24, 2.45) is 11.8 Å². The molecule has 1 N–H and O–H groups in total. The van der Waals surface area contributed by atoms with E-state index < -0.39 is 0 Å². The van der Waals surface area contributed by atoms with Gasteiger partial charge in [0.15, 0.2) is 0 Å². The van der Waals surface area contributed by atoms with E-state index in [4.69, 9.17) is 0 Å². The highest BCUT2D eigenvalue weighted by atomic mass is 19.1. The van der Waals surface area contributed by atoms with Gasteiger partial charge >= 0.3 is 0 Å². The Labute approximate surface area is 170 Å². The fourth-order valence-electron chi connectivity index (χ4n) is 4.66. The van der Waals surface area contributed by atoms with Crippen molar-refractivity contribution in [1.82, 2.24) is 19.7 Å². The van der Waals surface area contributed by atoms with Gasteiger partial charge in [0.05, 0.1) is 6.54 Å². The Kier molecular flexibility index (Phi) is 5.58. The molecule has 29 heavy (non-hydrogen) atoms. The topological polar surface area (TPSA) is 59.7 Å². The number of nitrogens with one attached hydrogen (secondary N) is 1. The molecule has 0 spiro atoms. The minimum Gasteiger partial charge on any atom is -0.351 e. The van der Waals surface area contributed by atoms with Crippen LogP contribution in [0.2, 0.25) is 0 Å². The molecule has 0 bridgehead atoms. The molecule has 6 nitrogen and oxygen atoms in total. The van der Waals surface area contributed by atoms with Gasteiger partial charge in [-0.05, 0) is 42.5 Å². The van der Waals surface area contributed by atoms with Gasteiger partial charge in [0.1, 0.15) is 11.5 Å². The Morgan fingerprint density at radius 1 is 1.03 bits per heavy atom. The Balaban J connectivity index is 1.31. The fraction of sp³-hybridized carbons (Fsp3) is 0.545. The number of hydrogen-bond donors (Lipinski definition) is 1. The Hall–Kier alpha value is -2.41. The number of aromatic amines is 1. The van der Waals surface area contributed by atoms with E-state index >= 15 is 0 Å². The van der Waals surface area contributed by atoms with Crippen LogP contribution in [0.25, 0.3) is 10.9 Å². The molecule has 2 unspecified atom stereocenters. The van der Waals surface area contributed by atoms with Gasteiger partial charge < -0.3 is 14.8 Å². The standard InChI is InChI=1S/C22H29FN4O2/c1-15-9-16(2)13-27(12-15)21(28)14-25-5-7-26(8-6-25)22(29)20-11-17-10-18(23)3-4-19(17)24-20/h3-4,10-11,15-16,24H,5-9,12-14H2,1-2H3. The number of piperazine rings is 1. The first kappa shape index (κ1) is 19.9. The lowest BCUT2D eigenvalue weighted by atomic mass is 9.92. The summed E-state index contributed by atoms with van der Waals surface area (Å²) >= 11 is 0. The maximum atomic E-state index is 13.4. The van der Waals surface area contributed by atoms with Crippen molar-refractivity contribution in [2.75, 3.05) is 45.8 Å². The number of halogens is 1. The largest absolute Gasteiger partial charge is 0.351 e. The van der Waals surface area contributed by atoms with Crippen LogP contribution in [-0.2, 0) is 4.79 Å². The van der Waals surface area contributed by atoms with Crippen molar-refractivity contribution in [3.63, 3.8) is 0 Å². The van der Waals surface area contributed by atoms with Crippen molar-refractivity contribution >= 4 is 22.7 Å². The van der Waals surface area contributed by atoms with Crippen LogP contribution in [0.15, 0.2) is 24.3 Å². The summed E-state index contributed by atoms with van der Waals surface area (Å²) in [6.07, 6.45) is 1.19. The molecule has 1 aromatic heterocycles. The van der Waals surface area contributed by atoms with Crippen LogP contribution in [0.3, 0.4) is 0 Å². The van der Waals surface area contributed by atoms with Crippen molar-refractivity contribution in [3.8, 4) is 0 Å². The van der Waals surface area contributed by atoms with Gasteiger partial charge in [0.25, 0.3) is 5.91 Å². The monoisotopic (exact) mass is 400 g/mol. The number of rotatable bonds is 3. The van der Waals surface area contributed by atoms with Crippen molar-refractivity contribution in [1.29, 1.82) is 0 Å². The van der Waals surface area contributed by atoms with Crippen LogP contribution in [0.1, 0.15) is 30.8 Å². The molecule has 0 saturated carbocycles. The molecule has 2 aromatic rings. The summed E-state index contributed by atoms with van der Waals surface area (Å²) in [6, 6.07) is 6.16. The molecule has 0 radical (unpaired) electrons. The first-order valence-electron chi connectivity index (χ1n) is 10.5. The highest BCUT2D eigenvalue weighted by molar-refractivity contribution is 5.98. The number of carbonyl (C=O) groups excluding carboxylic acids is 2. The second kappa shape index (κ2) is 8.14. The second-order valence-corrected chi connectivity index (χ2v) is 8.73. The van der Waals surface area contributed by atoms with Gasteiger partial charge in [-0.3, -0.25) is 14.5 Å². The molecule has 7 heteroatoms. The lowest BCUT2D eigenvalue weighted by Crippen LogP contribution is -2.53. The second-order valence-electron chi connectivity index (χ2n) is 8.73. The zero-order valence-corrected chi connectivity index (χ0v) is 17.2. The molecule has 2 fully saturated rings. The minimum absolute atomic E-state index is 0.0775. The van der Waals surface area contributed by atoms with Crippen LogP contribution in [0.5, 0.6) is 0 Å². The van der Waals surface area contributed by atoms with Crippen LogP contribution in [0, 0.1) is 17.7 Å². The van der Waals surface area contributed by atoms with Gasteiger partial charge in [0.2, 0.25) is 5.91 Å². The van der Waals surface area contributed by atoms with Gasteiger partial charge in [-0.2, -0.15) is 0 Å². The van der Waals surface area contributed by atoms with E-state index in [-0.39, 0.29) is 17.6 Å². The first-order chi connectivity index (χ1) is 13.9. The number of fused-ring (bicyclic) bond motifs is 1. The van der Waals surface area contributed by atoms with Gasteiger partial charge in [-0.15, -0.1) is 0 Å². The van der Waals surface area contributed by atoms with Crippen LogP contribution in [0.4, 0.5) is 4.39 Å². The average Bonchev–Trinajstić information content (AvgIpc) is 3.10. The maximum Gasteiger partial charge on any atom is 0.270 e. The molecule has 156 valence electrons. The zero-order valence-electron chi connectivity index (χ0n) is 17.2. The summed E-state index contributed by atoms with van der Waals surface area (Å²) in [5.74, 6) is 0.919. The Bertz CT molecular complexity index is 893. The quantitative estimate of drug-likeness (QED) is 0.862. The van der Waals surface area contributed by atoms with E-state index in [9.17, 15) is 14.0 Å². The van der Waals surface area contributed by atoms with Gasteiger partial charge in [-0.25, -0.2) is 4.39 Å². The Morgan fingerprint density at radius 2 is 1.72 bits per heavy atom. The third-order valence-corrected chi connectivity index (χ3v) is 6.05. The molecular formula is C22H29FN4O2. The van der Waals surface area contributed by atoms with E-state index in [1.165, 1.54) is 18.6 Å². The molecule has 4 rings (SSSR count). The maximum absolute atomic E-state index is 13.4. The van der Waals surface area contributed by atoms with Crippen LogP contribution >= 0.6 is 0 Å². The minimum atomic E-state index is -0.314. The molecule has 3 heterocycles. The summed E-state index contributed by atoms with van der Waals surface area (Å²) in [6.45, 7) is 9.08. The molecule has 2 aliphatic heterocycles. The highest BCUT2D eigenvalue weighted by Crippen LogP contribution is 2.21. The number of likely N-dealkylation sites (tertiary alicyclic amines) is 1. The zero-order chi connectivity index (χ0) is 20.5. The Morgan fingerprint density at radius 3 is 2.41 bits per heavy atom. The van der Waals surface area contributed by atoms with E-state index in [1.807, 2.05) is 4.90 Å². The number of piperidine rings is 1. The molecular weight excluding hydrogens is 371 g/mol. The molecule has 2 aliphatic rings. The summed E-state index contributed by atoms with van der Waals surface area (Å²) in [5.41, 5.74) is 1.23. The summed E-state index contributed by atoms with van der Waals surface area (Å²) in [5, 5.41) is 0.697. The molecule has 2 atom stereocenters. The number of hydrogen-bond acceptors (Lipinski definition) is 3. The number of carbonyl (C=O) groups is 2. The number of amides is 2. The molecule has 2 amide bonds. The van der Waals surface area contributed by atoms with Crippen molar-refractivity contribution in [2.45, 2.75) is 20.3 Å². The van der Waals surface area contributed by atoms with Crippen LogP contribution in [-0.4, -0.2) is 77.3 Å². The van der Waals surface area contributed by atoms with E-state index in [1.54, 1.807) is 17.0 Å². The lowest BCUT2D eigenvalue weighted by Gasteiger charge is -2.38. The molecule has 1 aromatic carbocycles. The number of nitrogens with zero attached hydrogens (tertiary/aromatic N) is 3. The molecule has 0 aliphatic carbocycles. The highest BCUT2D eigenvalue weighted by Gasteiger charge is 2.28. The number of benzene rings is 1. The number of aromatic nitrogens is 1. The van der Waals surface area contributed by atoms with E-state index in [2.05, 4.69) is 23.7 Å². The summed E-state index contributed by atoms with van der Waals surface area (Å²) < 4.78 is 13.4. The first-order valence-corrected chi connectivity index (χ1v) is 10.5. The molecule has 2 saturated heterocycles. The normalized spacial score (nSPS) is 23.6. The fourth-order valence-corrected chi connectivity index (χ4v) is 4.66. The predicted octanol–water partition coefficient (Wildman–Crippen LogP) is 2.57. The summed E-state index contributed by atoms with van der Waals surface area (Å²) in [7, 11) is 0. The number of H-pyrrole nitrogens is 1. The average molecular weight is 400 g/mol. The van der Waals surface area contributed by atoms with E-state index in [0.29, 0.717) is 55.6 Å². The third kappa shape index (κ3) is 4.45. The van der Waals surface area contributed by atoms with Crippen molar-refractivity contribution in [3.05, 3.63) is 35.8 Å². The van der Waals surface area contributed by atoms with E-state index in [0.717, 1.165) is 18.6 Å². The smallest absolute Gasteiger partial charge is 0.270 e.